The molecular weight excluding hydrogens is 319 g/mol. The van der Waals surface area contributed by atoms with Crippen molar-refractivity contribution in [3.05, 3.63) is 59.8 Å². The maximum absolute atomic E-state index is 13.3. The molecule has 1 aliphatic heterocycles. The van der Waals surface area contributed by atoms with Crippen LogP contribution in [0.4, 0.5) is 10.2 Å². The first-order valence-electron chi connectivity index (χ1n) is 8.55. The summed E-state index contributed by atoms with van der Waals surface area (Å²) in [5.74, 6) is 0.608. The molecule has 0 atom stereocenters. The standard InChI is InChI=1S/C19H21FN4O/c1-14-12-17-18(21-8-9-24(17)23-14)22-13-19(6-10-25-11-7-19)15-2-4-16(20)5-3-15/h2-5,8-9,12H,6-7,10-11,13H2,1H3,(H,21,22). The molecular formula is C19H21FN4O. The van der Waals surface area contributed by atoms with Gasteiger partial charge in [-0.2, -0.15) is 5.10 Å². The zero-order chi connectivity index (χ0) is 17.3. The Morgan fingerprint density at radius 3 is 2.76 bits per heavy atom. The van der Waals surface area contributed by atoms with Crippen molar-refractivity contribution in [1.82, 2.24) is 14.6 Å². The number of anilines is 1. The molecule has 0 aliphatic carbocycles. The van der Waals surface area contributed by atoms with Gasteiger partial charge in [-0.15, -0.1) is 0 Å². The van der Waals surface area contributed by atoms with Crippen LogP contribution in [0.15, 0.2) is 42.7 Å². The predicted molar refractivity (Wildman–Crippen MR) is 94.3 cm³/mol. The molecule has 0 amide bonds. The van der Waals surface area contributed by atoms with E-state index in [0.717, 1.165) is 42.0 Å². The van der Waals surface area contributed by atoms with Gasteiger partial charge in [0.25, 0.3) is 0 Å². The lowest BCUT2D eigenvalue weighted by atomic mass is 9.74. The second kappa shape index (κ2) is 6.44. The zero-order valence-electron chi connectivity index (χ0n) is 14.2. The van der Waals surface area contributed by atoms with Gasteiger partial charge >= 0.3 is 0 Å². The first kappa shape index (κ1) is 16.0. The van der Waals surface area contributed by atoms with E-state index in [2.05, 4.69) is 15.4 Å². The topological polar surface area (TPSA) is 51.5 Å². The summed E-state index contributed by atoms with van der Waals surface area (Å²) in [6.07, 6.45) is 5.38. The van der Waals surface area contributed by atoms with E-state index >= 15 is 0 Å². The summed E-state index contributed by atoms with van der Waals surface area (Å²) in [7, 11) is 0. The van der Waals surface area contributed by atoms with Crippen LogP contribution < -0.4 is 5.32 Å². The average molecular weight is 340 g/mol. The highest BCUT2D eigenvalue weighted by Crippen LogP contribution is 2.35. The Balaban J connectivity index is 1.63. The molecule has 130 valence electrons. The Hall–Kier alpha value is -2.47. The molecule has 6 heteroatoms. The molecule has 0 saturated carbocycles. The van der Waals surface area contributed by atoms with Gasteiger partial charge in [0, 0.05) is 37.6 Å². The molecule has 0 bridgehead atoms. The van der Waals surface area contributed by atoms with E-state index < -0.39 is 0 Å². The fraction of sp³-hybridized carbons (Fsp3) is 0.368. The molecule has 0 spiro atoms. The van der Waals surface area contributed by atoms with Crippen LogP contribution in [0.5, 0.6) is 0 Å². The van der Waals surface area contributed by atoms with E-state index in [0.29, 0.717) is 13.2 Å². The maximum Gasteiger partial charge on any atom is 0.152 e. The summed E-state index contributed by atoms with van der Waals surface area (Å²) in [6.45, 7) is 4.11. The Morgan fingerprint density at radius 1 is 1.24 bits per heavy atom. The van der Waals surface area contributed by atoms with Crippen LogP contribution in [-0.4, -0.2) is 34.4 Å². The van der Waals surface area contributed by atoms with Crippen LogP contribution in [0.1, 0.15) is 24.1 Å². The van der Waals surface area contributed by atoms with E-state index in [1.807, 2.05) is 35.8 Å². The van der Waals surface area contributed by atoms with Gasteiger partial charge in [-0.3, -0.25) is 0 Å². The lowest BCUT2D eigenvalue weighted by Crippen LogP contribution is -2.40. The number of fused-ring (bicyclic) bond motifs is 1. The molecule has 1 aliphatic rings. The summed E-state index contributed by atoms with van der Waals surface area (Å²) >= 11 is 0. The Bertz CT molecular complexity index is 869. The average Bonchev–Trinajstić information content (AvgIpc) is 3.02. The number of halogens is 1. The molecule has 1 fully saturated rings. The predicted octanol–water partition coefficient (Wildman–Crippen LogP) is 3.34. The number of ether oxygens (including phenoxy) is 1. The SMILES string of the molecule is Cc1cc2c(NCC3(c4ccc(F)cc4)CCOCC3)nccn2n1. The van der Waals surface area contributed by atoms with E-state index in [-0.39, 0.29) is 11.2 Å². The number of benzene rings is 1. The number of aromatic nitrogens is 3. The van der Waals surface area contributed by atoms with Gasteiger partial charge in [-0.25, -0.2) is 13.9 Å². The van der Waals surface area contributed by atoms with Crippen LogP contribution in [-0.2, 0) is 10.2 Å². The van der Waals surface area contributed by atoms with E-state index in [9.17, 15) is 4.39 Å². The number of rotatable bonds is 4. The van der Waals surface area contributed by atoms with Crippen molar-refractivity contribution < 1.29 is 9.13 Å². The smallest absolute Gasteiger partial charge is 0.152 e. The molecule has 0 unspecified atom stereocenters. The summed E-state index contributed by atoms with van der Waals surface area (Å²) in [5, 5.41) is 7.93. The van der Waals surface area contributed by atoms with E-state index in [1.165, 1.54) is 12.1 Å². The summed E-state index contributed by atoms with van der Waals surface area (Å²) in [6, 6.07) is 8.86. The second-order valence-electron chi connectivity index (χ2n) is 6.64. The quantitative estimate of drug-likeness (QED) is 0.791. The van der Waals surface area contributed by atoms with Crippen molar-refractivity contribution >= 4 is 11.3 Å². The molecule has 1 aromatic carbocycles. The van der Waals surface area contributed by atoms with Crippen LogP contribution in [0.2, 0.25) is 0 Å². The zero-order valence-corrected chi connectivity index (χ0v) is 14.2. The van der Waals surface area contributed by atoms with Crippen molar-refractivity contribution in [2.24, 2.45) is 0 Å². The highest BCUT2D eigenvalue weighted by Gasteiger charge is 2.34. The van der Waals surface area contributed by atoms with Crippen molar-refractivity contribution in [1.29, 1.82) is 0 Å². The number of hydrogen-bond donors (Lipinski definition) is 1. The van der Waals surface area contributed by atoms with Gasteiger partial charge < -0.3 is 10.1 Å². The largest absolute Gasteiger partial charge is 0.381 e. The van der Waals surface area contributed by atoms with Crippen molar-refractivity contribution in [3.8, 4) is 0 Å². The Kier molecular flexibility index (Phi) is 4.13. The van der Waals surface area contributed by atoms with Crippen LogP contribution >= 0.6 is 0 Å². The third kappa shape index (κ3) is 3.09. The van der Waals surface area contributed by atoms with Gasteiger partial charge in [-0.1, -0.05) is 12.1 Å². The van der Waals surface area contributed by atoms with Crippen LogP contribution in [0, 0.1) is 12.7 Å². The van der Waals surface area contributed by atoms with Crippen LogP contribution in [0.25, 0.3) is 5.52 Å². The number of hydrogen-bond acceptors (Lipinski definition) is 4. The molecule has 4 rings (SSSR count). The van der Waals surface area contributed by atoms with Crippen molar-refractivity contribution in [3.63, 3.8) is 0 Å². The normalized spacial score (nSPS) is 16.9. The highest BCUT2D eigenvalue weighted by atomic mass is 19.1. The minimum absolute atomic E-state index is 0.0878. The van der Waals surface area contributed by atoms with E-state index in [1.54, 1.807) is 6.20 Å². The Labute approximate surface area is 145 Å². The highest BCUT2D eigenvalue weighted by molar-refractivity contribution is 5.67. The van der Waals surface area contributed by atoms with Crippen LogP contribution in [0.3, 0.4) is 0 Å². The molecule has 1 N–H and O–H groups in total. The lowest BCUT2D eigenvalue weighted by Gasteiger charge is -2.38. The first-order chi connectivity index (χ1) is 12.2. The summed E-state index contributed by atoms with van der Waals surface area (Å²) < 4.78 is 20.7. The van der Waals surface area contributed by atoms with Gasteiger partial charge in [0.05, 0.1) is 5.69 Å². The lowest BCUT2D eigenvalue weighted by molar-refractivity contribution is 0.0543. The van der Waals surface area contributed by atoms with E-state index in [4.69, 9.17) is 4.74 Å². The molecule has 0 radical (unpaired) electrons. The molecule has 1 saturated heterocycles. The second-order valence-corrected chi connectivity index (χ2v) is 6.64. The molecule has 5 nitrogen and oxygen atoms in total. The summed E-state index contributed by atoms with van der Waals surface area (Å²) in [5.41, 5.74) is 2.97. The minimum atomic E-state index is -0.208. The minimum Gasteiger partial charge on any atom is -0.381 e. The number of nitrogens with zero attached hydrogens (tertiary/aromatic N) is 3. The molecule has 25 heavy (non-hydrogen) atoms. The fourth-order valence-corrected chi connectivity index (χ4v) is 3.57. The monoisotopic (exact) mass is 340 g/mol. The van der Waals surface area contributed by atoms with Gasteiger partial charge in [0.1, 0.15) is 11.3 Å². The van der Waals surface area contributed by atoms with Crippen molar-refractivity contribution in [2.45, 2.75) is 25.2 Å². The van der Waals surface area contributed by atoms with Gasteiger partial charge in [-0.05, 0) is 43.5 Å². The number of aryl methyl sites for hydroxylation is 1. The van der Waals surface area contributed by atoms with Crippen molar-refractivity contribution in [2.75, 3.05) is 25.1 Å². The third-order valence-corrected chi connectivity index (χ3v) is 5.01. The van der Waals surface area contributed by atoms with Gasteiger partial charge in [0.15, 0.2) is 5.82 Å². The molecule has 3 heterocycles. The summed E-state index contributed by atoms with van der Waals surface area (Å²) in [4.78, 5) is 4.48. The Morgan fingerprint density at radius 2 is 2.00 bits per heavy atom. The molecule has 2 aromatic heterocycles. The first-order valence-corrected chi connectivity index (χ1v) is 8.55. The number of nitrogens with one attached hydrogen (secondary N) is 1. The third-order valence-electron chi connectivity index (χ3n) is 5.01. The maximum atomic E-state index is 13.3. The fourth-order valence-electron chi connectivity index (χ4n) is 3.57. The van der Waals surface area contributed by atoms with Gasteiger partial charge in [0.2, 0.25) is 0 Å². The molecule has 3 aromatic rings.